The van der Waals surface area contributed by atoms with E-state index in [9.17, 15) is 14.7 Å². The fourth-order valence-electron chi connectivity index (χ4n) is 4.60. The maximum Gasteiger partial charge on any atom is 0.410 e. The lowest BCUT2D eigenvalue weighted by Crippen LogP contribution is -2.41. The summed E-state index contributed by atoms with van der Waals surface area (Å²) in [5, 5.41) is 9.64. The van der Waals surface area contributed by atoms with E-state index >= 15 is 0 Å². The first-order valence-corrected chi connectivity index (χ1v) is 10.5. The van der Waals surface area contributed by atoms with Crippen molar-refractivity contribution in [3.63, 3.8) is 0 Å². The quantitative estimate of drug-likeness (QED) is 0.660. The highest BCUT2D eigenvalue weighted by atomic mass is 16.6. The number of benzene rings is 2. The number of hydrogen-bond acceptors (Lipinski definition) is 5. The van der Waals surface area contributed by atoms with Gasteiger partial charge in [0, 0.05) is 18.5 Å². The van der Waals surface area contributed by atoms with Crippen molar-refractivity contribution in [3.8, 4) is 16.9 Å². The minimum atomic E-state index is -1.07. The Kier molecular flexibility index (Phi) is 5.23. The first-order valence-electron chi connectivity index (χ1n) is 10.5. The van der Waals surface area contributed by atoms with Gasteiger partial charge in [-0.25, -0.2) is 9.59 Å². The van der Waals surface area contributed by atoms with Crippen LogP contribution < -0.4 is 4.74 Å². The predicted molar refractivity (Wildman–Crippen MR) is 116 cm³/mol. The molecule has 1 amide bonds. The maximum atomic E-state index is 12.9. The Balaban J connectivity index is 1.30. The molecular formula is C25H22N2O5. The van der Waals surface area contributed by atoms with Crippen LogP contribution in [0.4, 0.5) is 4.79 Å². The van der Waals surface area contributed by atoms with Gasteiger partial charge >= 0.3 is 12.1 Å². The minimum absolute atomic E-state index is 0.0836. The Labute approximate surface area is 185 Å². The molecule has 2 aromatic carbocycles. The van der Waals surface area contributed by atoms with Gasteiger partial charge in [0.05, 0.1) is 12.7 Å². The van der Waals surface area contributed by atoms with Crippen LogP contribution in [0.15, 0.2) is 73.1 Å². The van der Waals surface area contributed by atoms with E-state index in [0.717, 1.165) is 22.3 Å². The van der Waals surface area contributed by atoms with Crippen LogP contribution in [0.1, 0.15) is 23.5 Å². The monoisotopic (exact) mass is 430 g/mol. The zero-order chi connectivity index (χ0) is 22.1. The molecule has 1 saturated heterocycles. The molecule has 7 nitrogen and oxygen atoms in total. The molecule has 2 aliphatic rings. The van der Waals surface area contributed by atoms with Crippen LogP contribution in [0.2, 0.25) is 0 Å². The number of hydrogen-bond donors (Lipinski definition) is 1. The Morgan fingerprint density at radius 3 is 2.31 bits per heavy atom. The van der Waals surface area contributed by atoms with E-state index in [4.69, 9.17) is 9.47 Å². The predicted octanol–water partition coefficient (Wildman–Crippen LogP) is 3.94. The molecule has 2 atom stereocenters. The number of carbonyl (C=O) groups is 2. The van der Waals surface area contributed by atoms with Gasteiger partial charge in [-0.05, 0) is 34.4 Å². The standard InChI is InChI=1S/C25H22N2O5/c28-24(29)23-12-17(32-16-6-5-11-26-13-16)14-27(23)25(30)31-15-22-20-9-3-1-7-18(20)19-8-2-4-10-21(19)22/h1-11,13,17,22-23H,12,14-15H2,(H,28,29)/t17-,23+/m1/s1. The third-order valence-corrected chi connectivity index (χ3v) is 6.06. The number of carboxylic acids is 1. The number of ether oxygens (including phenoxy) is 2. The Hall–Kier alpha value is -3.87. The number of rotatable bonds is 5. The van der Waals surface area contributed by atoms with E-state index in [1.165, 1.54) is 4.90 Å². The number of carboxylic acid groups (broad SMARTS) is 1. The van der Waals surface area contributed by atoms with Gasteiger partial charge in [-0.15, -0.1) is 0 Å². The lowest BCUT2D eigenvalue weighted by Gasteiger charge is -2.22. The Bertz CT molecular complexity index is 1100. The number of fused-ring (bicyclic) bond motifs is 3. The molecule has 0 spiro atoms. The summed E-state index contributed by atoms with van der Waals surface area (Å²) in [5.74, 6) is -0.619. The van der Waals surface area contributed by atoms with E-state index in [1.54, 1.807) is 24.5 Å². The second-order valence-corrected chi connectivity index (χ2v) is 7.97. The summed E-state index contributed by atoms with van der Waals surface area (Å²) in [6, 6.07) is 18.6. The fourth-order valence-corrected chi connectivity index (χ4v) is 4.60. The summed E-state index contributed by atoms with van der Waals surface area (Å²) in [6.45, 7) is 0.284. The average Bonchev–Trinajstić information content (AvgIpc) is 3.38. The van der Waals surface area contributed by atoms with E-state index in [-0.39, 0.29) is 25.5 Å². The van der Waals surface area contributed by atoms with Gasteiger partial charge in [-0.2, -0.15) is 0 Å². The van der Waals surface area contributed by atoms with Crippen LogP contribution in [0.25, 0.3) is 11.1 Å². The molecule has 1 N–H and O–H groups in total. The first-order chi connectivity index (χ1) is 15.6. The number of pyridine rings is 1. The third-order valence-electron chi connectivity index (χ3n) is 6.06. The summed E-state index contributed by atoms with van der Waals surface area (Å²) in [6.07, 6.45) is 2.29. The van der Waals surface area contributed by atoms with Crippen molar-refractivity contribution in [1.82, 2.24) is 9.88 Å². The molecule has 7 heteroatoms. The molecule has 5 rings (SSSR count). The van der Waals surface area contributed by atoms with Crippen LogP contribution >= 0.6 is 0 Å². The van der Waals surface area contributed by atoms with Crippen LogP contribution in [0, 0.1) is 0 Å². The third kappa shape index (κ3) is 3.66. The van der Waals surface area contributed by atoms with Crippen molar-refractivity contribution in [1.29, 1.82) is 0 Å². The average molecular weight is 430 g/mol. The van der Waals surface area contributed by atoms with E-state index in [1.807, 2.05) is 36.4 Å². The lowest BCUT2D eigenvalue weighted by atomic mass is 9.98. The van der Waals surface area contributed by atoms with Gasteiger partial charge in [0.1, 0.15) is 24.5 Å². The van der Waals surface area contributed by atoms with Crippen molar-refractivity contribution in [2.45, 2.75) is 24.5 Å². The summed E-state index contributed by atoms with van der Waals surface area (Å²) >= 11 is 0. The smallest absolute Gasteiger partial charge is 0.410 e. The molecule has 0 saturated carbocycles. The van der Waals surface area contributed by atoms with Crippen molar-refractivity contribution in [2.24, 2.45) is 0 Å². The fraction of sp³-hybridized carbons (Fsp3) is 0.240. The summed E-state index contributed by atoms with van der Waals surface area (Å²) < 4.78 is 11.5. The Morgan fingerprint density at radius 1 is 1.00 bits per heavy atom. The van der Waals surface area contributed by atoms with Crippen LogP contribution in [0.5, 0.6) is 5.75 Å². The van der Waals surface area contributed by atoms with E-state index < -0.39 is 24.2 Å². The molecule has 1 aromatic heterocycles. The number of amides is 1. The van der Waals surface area contributed by atoms with Gasteiger partial charge in [-0.3, -0.25) is 9.88 Å². The number of nitrogens with zero attached hydrogens (tertiary/aromatic N) is 2. The first kappa shape index (κ1) is 20.1. The van der Waals surface area contributed by atoms with Gasteiger partial charge in [0.25, 0.3) is 0 Å². The van der Waals surface area contributed by atoms with Gasteiger partial charge in [0.15, 0.2) is 0 Å². The minimum Gasteiger partial charge on any atom is -0.487 e. The van der Waals surface area contributed by atoms with Gasteiger partial charge in [0.2, 0.25) is 0 Å². The summed E-state index contributed by atoms with van der Waals surface area (Å²) in [5.41, 5.74) is 4.49. The molecule has 0 radical (unpaired) electrons. The molecular weight excluding hydrogens is 408 g/mol. The van der Waals surface area contributed by atoms with Crippen molar-refractivity contribution < 1.29 is 24.2 Å². The summed E-state index contributed by atoms with van der Waals surface area (Å²) in [4.78, 5) is 29.9. The highest BCUT2D eigenvalue weighted by Crippen LogP contribution is 2.44. The van der Waals surface area contributed by atoms with Crippen molar-refractivity contribution in [3.05, 3.63) is 84.2 Å². The number of aromatic nitrogens is 1. The van der Waals surface area contributed by atoms with E-state index in [0.29, 0.717) is 5.75 Å². The van der Waals surface area contributed by atoms with Crippen LogP contribution in [-0.4, -0.2) is 52.4 Å². The molecule has 0 bridgehead atoms. The SMILES string of the molecule is O=C(O)[C@@H]1C[C@@H](Oc2cccnc2)CN1C(=O)OCC1c2ccccc2-c2ccccc21. The topological polar surface area (TPSA) is 89.0 Å². The van der Waals surface area contributed by atoms with Gasteiger partial charge < -0.3 is 14.6 Å². The van der Waals surface area contributed by atoms with Crippen LogP contribution in [0.3, 0.4) is 0 Å². The Morgan fingerprint density at radius 2 is 1.69 bits per heavy atom. The molecule has 2 heterocycles. The molecule has 1 aliphatic heterocycles. The molecule has 162 valence electrons. The van der Waals surface area contributed by atoms with E-state index in [2.05, 4.69) is 17.1 Å². The normalized spacial score (nSPS) is 19.3. The molecule has 0 unspecified atom stereocenters. The van der Waals surface area contributed by atoms with Crippen molar-refractivity contribution in [2.75, 3.05) is 13.2 Å². The maximum absolute atomic E-state index is 12.9. The zero-order valence-corrected chi connectivity index (χ0v) is 17.3. The van der Waals surface area contributed by atoms with Crippen molar-refractivity contribution >= 4 is 12.1 Å². The highest BCUT2D eigenvalue weighted by Gasteiger charge is 2.42. The molecule has 3 aromatic rings. The molecule has 1 aliphatic carbocycles. The number of likely N-dealkylation sites (tertiary alicyclic amines) is 1. The second kappa shape index (κ2) is 8.34. The van der Waals surface area contributed by atoms with Crippen LogP contribution in [-0.2, 0) is 9.53 Å². The van der Waals surface area contributed by atoms with Gasteiger partial charge in [-0.1, -0.05) is 48.5 Å². The highest BCUT2D eigenvalue weighted by molar-refractivity contribution is 5.81. The lowest BCUT2D eigenvalue weighted by molar-refractivity contribution is -0.141. The number of carbonyl (C=O) groups excluding carboxylic acids is 1. The zero-order valence-electron chi connectivity index (χ0n) is 17.3. The second-order valence-electron chi connectivity index (χ2n) is 7.97. The summed E-state index contributed by atoms with van der Waals surface area (Å²) in [7, 11) is 0. The number of aliphatic carboxylic acids is 1. The molecule has 32 heavy (non-hydrogen) atoms. The largest absolute Gasteiger partial charge is 0.487 e. The molecule has 1 fully saturated rings.